The molecule has 0 amide bonds. The molecule has 0 heterocycles. The molecule has 0 saturated carbocycles. The summed E-state index contributed by atoms with van der Waals surface area (Å²) >= 11 is 0. The van der Waals surface area contributed by atoms with Crippen molar-refractivity contribution in [3.63, 3.8) is 0 Å². The number of benzene rings is 1. The highest BCUT2D eigenvalue weighted by Crippen LogP contribution is 2.26. The molecule has 0 N–H and O–H groups in total. The van der Waals surface area contributed by atoms with Gasteiger partial charge in [-0.05, 0) is 19.4 Å². The number of hydrogen-bond acceptors (Lipinski definition) is 2. The van der Waals surface area contributed by atoms with Gasteiger partial charge in [-0.25, -0.2) is 0 Å². The smallest absolute Gasteiger partial charge is 0.137 e. The maximum absolute atomic E-state index is 11.5. The average molecular weight is 204 g/mol. The van der Waals surface area contributed by atoms with Crippen LogP contribution in [0.1, 0.15) is 32.3 Å². The van der Waals surface area contributed by atoms with Crippen molar-refractivity contribution in [3.05, 3.63) is 35.9 Å². The van der Waals surface area contributed by atoms with Gasteiger partial charge in [0, 0.05) is 5.92 Å². The molecule has 2 unspecified atom stereocenters. The lowest BCUT2D eigenvalue weighted by Crippen LogP contribution is -2.22. The molecule has 0 radical (unpaired) electrons. The summed E-state index contributed by atoms with van der Waals surface area (Å²) in [5.41, 5.74) is 0.924. The third-order valence-electron chi connectivity index (χ3n) is 2.74. The molecule has 1 aromatic carbocycles. The molecule has 0 saturated heterocycles. The Kier molecular flexibility index (Phi) is 3.78. The quantitative estimate of drug-likeness (QED) is 0.755. The van der Waals surface area contributed by atoms with Crippen LogP contribution in [0.5, 0.6) is 0 Å². The summed E-state index contributed by atoms with van der Waals surface area (Å²) in [5.74, 6) is -0.448. The van der Waals surface area contributed by atoms with Gasteiger partial charge >= 0.3 is 0 Å². The number of carbonyl (C=O) groups is 2. The topological polar surface area (TPSA) is 34.1 Å². The fourth-order valence-electron chi connectivity index (χ4n) is 1.77. The lowest BCUT2D eigenvalue weighted by atomic mass is 9.82. The van der Waals surface area contributed by atoms with Gasteiger partial charge in [0.05, 0.1) is 5.92 Å². The summed E-state index contributed by atoms with van der Waals surface area (Å²) in [6.07, 6.45) is 0. The standard InChI is InChI=1S/C13H16O2/c1-9(10(2)14)13(11(3)15)12-7-5-4-6-8-12/h4-9,13H,1-3H3. The Bertz CT molecular complexity index is 354. The Balaban J connectivity index is 3.04. The second-order valence-electron chi connectivity index (χ2n) is 3.90. The van der Waals surface area contributed by atoms with Gasteiger partial charge in [0.2, 0.25) is 0 Å². The average Bonchev–Trinajstić information content (AvgIpc) is 2.18. The molecule has 0 aliphatic heterocycles. The molecule has 0 aliphatic rings. The fraction of sp³-hybridized carbons (Fsp3) is 0.385. The van der Waals surface area contributed by atoms with Crippen molar-refractivity contribution >= 4 is 11.6 Å². The molecule has 1 rings (SSSR count). The van der Waals surface area contributed by atoms with Crippen LogP contribution in [0.4, 0.5) is 0 Å². The second-order valence-corrected chi connectivity index (χ2v) is 3.90. The monoisotopic (exact) mass is 204 g/mol. The molecule has 0 aliphatic carbocycles. The Hall–Kier alpha value is -1.44. The van der Waals surface area contributed by atoms with Crippen LogP contribution in [-0.2, 0) is 9.59 Å². The van der Waals surface area contributed by atoms with Gasteiger partial charge in [0.15, 0.2) is 0 Å². The molecule has 0 aromatic heterocycles. The minimum atomic E-state index is -0.302. The predicted octanol–water partition coefficient (Wildman–Crippen LogP) is 2.58. The van der Waals surface area contributed by atoms with Crippen LogP contribution in [0.15, 0.2) is 30.3 Å². The van der Waals surface area contributed by atoms with E-state index in [1.165, 1.54) is 13.8 Å². The lowest BCUT2D eigenvalue weighted by molar-refractivity contribution is -0.126. The van der Waals surface area contributed by atoms with Gasteiger partial charge in [-0.1, -0.05) is 37.3 Å². The fourth-order valence-corrected chi connectivity index (χ4v) is 1.77. The van der Waals surface area contributed by atoms with Crippen molar-refractivity contribution in [2.75, 3.05) is 0 Å². The zero-order valence-electron chi connectivity index (χ0n) is 9.36. The molecule has 2 nitrogen and oxygen atoms in total. The summed E-state index contributed by atoms with van der Waals surface area (Å²) in [6.45, 7) is 4.88. The number of Topliss-reactive ketones (excluding diaryl/α,β-unsaturated/α-hetero) is 2. The third kappa shape index (κ3) is 2.75. The van der Waals surface area contributed by atoms with Crippen LogP contribution in [0.2, 0.25) is 0 Å². The summed E-state index contributed by atoms with van der Waals surface area (Å²) in [5, 5.41) is 0. The van der Waals surface area contributed by atoms with Crippen LogP contribution in [0, 0.1) is 5.92 Å². The van der Waals surface area contributed by atoms with E-state index in [-0.39, 0.29) is 23.4 Å². The van der Waals surface area contributed by atoms with Crippen LogP contribution >= 0.6 is 0 Å². The van der Waals surface area contributed by atoms with Gasteiger partial charge in [-0.3, -0.25) is 9.59 Å². The highest BCUT2D eigenvalue weighted by Gasteiger charge is 2.26. The summed E-state index contributed by atoms with van der Waals surface area (Å²) in [6, 6.07) is 9.46. The molecule has 80 valence electrons. The van der Waals surface area contributed by atoms with E-state index in [9.17, 15) is 9.59 Å². The number of rotatable bonds is 4. The Morgan fingerprint density at radius 2 is 1.53 bits per heavy atom. The molecule has 0 bridgehead atoms. The largest absolute Gasteiger partial charge is 0.300 e. The van der Waals surface area contributed by atoms with Crippen molar-refractivity contribution in [1.29, 1.82) is 0 Å². The van der Waals surface area contributed by atoms with Crippen LogP contribution < -0.4 is 0 Å². The molecule has 2 atom stereocenters. The zero-order valence-corrected chi connectivity index (χ0v) is 9.36. The zero-order chi connectivity index (χ0) is 11.4. The maximum atomic E-state index is 11.5. The molecular formula is C13H16O2. The van der Waals surface area contributed by atoms with Gasteiger partial charge in [-0.15, -0.1) is 0 Å². The molecule has 2 heteroatoms. The number of carbonyl (C=O) groups excluding carboxylic acids is 2. The first kappa shape index (κ1) is 11.6. The minimum absolute atomic E-state index is 0.0453. The van der Waals surface area contributed by atoms with E-state index in [2.05, 4.69) is 0 Å². The van der Waals surface area contributed by atoms with Gasteiger partial charge in [0.1, 0.15) is 11.6 Å². The van der Waals surface area contributed by atoms with E-state index in [1.807, 2.05) is 30.3 Å². The van der Waals surface area contributed by atoms with E-state index in [0.29, 0.717) is 0 Å². The lowest BCUT2D eigenvalue weighted by Gasteiger charge is -2.19. The first-order chi connectivity index (χ1) is 7.04. The first-order valence-electron chi connectivity index (χ1n) is 5.10. The van der Waals surface area contributed by atoms with Crippen molar-refractivity contribution in [2.45, 2.75) is 26.7 Å². The normalized spacial score (nSPS) is 14.3. The van der Waals surface area contributed by atoms with E-state index < -0.39 is 0 Å². The molecule has 1 aromatic rings. The van der Waals surface area contributed by atoms with E-state index in [1.54, 1.807) is 6.92 Å². The van der Waals surface area contributed by atoms with Crippen LogP contribution in [-0.4, -0.2) is 11.6 Å². The van der Waals surface area contributed by atoms with Crippen molar-refractivity contribution in [2.24, 2.45) is 5.92 Å². The summed E-state index contributed by atoms with van der Waals surface area (Å²) in [4.78, 5) is 22.8. The van der Waals surface area contributed by atoms with Crippen molar-refractivity contribution in [3.8, 4) is 0 Å². The molecule has 0 spiro atoms. The van der Waals surface area contributed by atoms with Crippen LogP contribution in [0.3, 0.4) is 0 Å². The Labute approximate surface area is 90.3 Å². The SMILES string of the molecule is CC(=O)C(C)C(C(C)=O)c1ccccc1. The van der Waals surface area contributed by atoms with Gasteiger partial charge in [-0.2, -0.15) is 0 Å². The molecule has 0 fully saturated rings. The summed E-state index contributed by atoms with van der Waals surface area (Å²) in [7, 11) is 0. The highest BCUT2D eigenvalue weighted by atomic mass is 16.1. The minimum Gasteiger partial charge on any atom is -0.300 e. The predicted molar refractivity (Wildman–Crippen MR) is 59.7 cm³/mol. The van der Waals surface area contributed by atoms with E-state index in [0.717, 1.165) is 5.56 Å². The van der Waals surface area contributed by atoms with Crippen molar-refractivity contribution in [1.82, 2.24) is 0 Å². The Morgan fingerprint density at radius 1 is 1.00 bits per heavy atom. The van der Waals surface area contributed by atoms with Crippen molar-refractivity contribution < 1.29 is 9.59 Å². The number of hydrogen-bond donors (Lipinski definition) is 0. The van der Waals surface area contributed by atoms with E-state index >= 15 is 0 Å². The highest BCUT2D eigenvalue weighted by molar-refractivity contribution is 5.91. The van der Waals surface area contributed by atoms with E-state index in [4.69, 9.17) is 0 Å². The van der Waals surface area contributed by atoms with Gasteiger partial charge in [0.25, 0.3) is 0 Å². The second kappa shape index (κ2) is 4.87. The third-order valence-corrected chi connectivity index (χ3v) is 2.74. The first-order valence-corrected chi connectivity index (χ1v) is 5.10. The number of ketones is 2. The maximum Gasteiger partial charge on any atom is 0.137 e. The molecule has 15 heavy (non-hydrogen) atoms. The summed E-state index contributed by atoms with van der Waals surface area (Å²) < 4.78 is 0. The Morgan fingerprint density at radius 3 is 1.93 bits per heavy atom. The molecular weight excluding hydrogens is 188 g/mol. The van der Waals surface area contributed by atoms with Crippen LogP contribution in [0.25, 0.3) is 0 Å². The van der Waals surface area contributed by atoms with Gasteiger partial charge < -0.3 is 0 Å².